The molecule has 2 aromatic rings. The number of hydrogen-bond acceptors (Lipinski definition) is 4. The first kappa shape index (κ1) is 16.4. The zero-order valence-electron chi connectivity index (χ0n) is 13.7. The fraction of sp³-hybridized carbons (Fsp3) is 0.389. The molecule has 1 aromatic heterocycles. The van der Waals surface area contributed by atoms with Crippen molar-refractivity contribution in [3.05, 3.63) is 63.8 Å². The Labute approximate surface area is 140 Å². The number of aryl methyl sites for hydroxylation is 2. The van der Waals surface area contributed by atoms with Gasteiger partial charge in [0.2, 0.25) is 0 Å². The Kier molecular flexibility index (Phi) is 5.05. The number of ether oxygens (including phenoxy) is 1. The molecule has 0 bridgehead atoms. The van der Waals surface area contributed by atoms with Crippen LogP contribution in [-0.4, -0.2) is 46.6 Å². The maximum Gasteiger partial charge on any atom is 0.254 e. The van der Waals surface area contributed by atoms with Crippen molar-refractivity contribution in [2.75, 3.05) is 19.7 Å². The number of carbonyl (C=O) groups is 1. The highest BCUT2D eigenvalue weighted by Gasteiger charge is 2.25. The number of aromatic nitrogens is 2. The standard InChI is InChI=1S/C18H21N3O3/c1-13-4-2-3-5-16(13)18(23)21-8-9-24-15(11-21)7-6-14-10-17(22)20-12-19-14/h2-5,10,12,15H,6-9,11H2,1H3,(H,19,20,22)/t15-/m1/s1. The van der Waals surface area contributed by atoms with Crippen molar-refractivity contribution in [3.63, 3.8) is 0 Å². The van der Waals surface area contributed by atoms with Crippen LogP contribution >= 0.6 is 0 Å². The van der Waals surface area contributed by atoms with E-state index in [0.29, 0.717) is 26.1 Å². The number of carbonyl (C=O) groups excluding carboxylic acids is 1. The van der Waals surface area contributed by atoms with Crippen molar-refractivity contribution in [3.8, 4) is 0 Å². The van der Waals surface area contributed by atoms with Crippen molar-refractivity contribution in [1.82, 2.24) is 14.9 Å². The second kappa shape index (κ2) is 7.40. The van der Waals surface area contributed by atoms with Crippen LogP contribution in [0.1, 0.15) is 28.0 Å². The summed E-state index contributed by atoms with van der Waals surface area (Å²) in [6, 6.07) is 9.13. The average Bonchev–Trinajstić information content (AvgIpc) is 2.60. The Balaban J connectivity index is 1.61. The number of morpholine rings is 1. The molecule has 6 heteroatoms. The maximum absolute atomic E-state index is 12.7. The number of nitrogens with one attached hydrogen (secondary N) is 1. The van der Waals surface area contributed by atoms with Crippen LogP contribution in [0.2, 0.25) is 0 Å². The van der Waals surface area contributed by atoms with Gasteiger partial charge in [-0.05, 0) is 31.4 Å². The van der Waals surface area contributed by atoms with E-state index in [1.165, 1.54) is 12.4 Å². The van der Waals surface area contributed by atoms with Crippen LogP contribution in [0.25, 0.3) is 0 Å². The summed E-state index contributed by atoms with van der Waals surface area (Å²) in [5.41, 5.74) is 2.32. The van der Waals surface area contributed by atoms with Gasteiger partial charge in [0.1, 0.15) is 0 Å². The normalized spacial score (nSPS) is 17.7. The summed E-state index contributed by atoms with van der Waals surface area (Å²) in [6.07, 6.45) is 2.76. The number of hydrogen-bond donors (Lipinski definition) is 1. The van der Waals surface area contributed by atoms with E-state index >= 15 is 0 Å². The summed E-state index contributed by atoms with van der Waals surface area (Å²) in [5.74, 6) is 0.0516. The Hall–Kier alpha value is -2.47. The largest absolute Gasteiger partial charge is 0.375 e. The highest BCUT2D eigenvalue weighted by atomic mass is 16.5. The minimum atomic E-state index is -0.152. The number of amides is 1. The minimum Gasteiger partial charge on any atom is -0.375 e. The monoisotopic (exact) mass is 327 g/mol. The van der Waals surface area contributed by atoms with Crippen LogP contribution in [-0.2, 0) is 11.2 Å². The van der Waals surface area contributed by atoms with Crippen LogP contribution < -0.4 is 5.56 Å². The van der Waals surface area contributed by atoms with Crippen molar-refractivity contribution in [2.24, 2.45) is 0 Å². The maximum atomic E-state index is 12.7. The van der Waals surface area contributed by atoms with Gasteiger partial charge in [-0.2, -0.15) is 0 Å². The molecule has 0 saturated carbocycles. The van der Waals surface area contributed by atoms with Gasteiger partial charge >= 0.3 is 0 Å². The second-order valence-electron chi connectivity index (χ2n) is 6.00. The first-order chi connectivity index (χ1) is 11.6. The highest BCUT2D eigenvalue weighted by molar-refractivity contribution is 5.95. The van der Waals surface area contributed by atoms with Crippen molar-refractivity contribution < 1.29 is 9.53 Å². The molecule has 1 fully saturated rings. The summed E-state index contributed by atoms with van der Waals surface area (Å²) in [5, 5.41) is 0. The molecule has 0 radical (unpaired) electrons. The number of nitrogens with zero attached hydrogens (tertiary/aromatic N) is 2. The van der Waals surface area contributed by atoms with Crippen molar-refractivity contribution in [2.45, 2.75) is 25.9 Å². The zero-order valence-corrected chi connectivity index (χ0v) is 13.7. The second-order valence-corrected chi connectivity index (χ2v) is 6.00. The highest BCUT2D eigenvalue weighted by Crippen LogP contribution is 2.16. The number of benzene rings is 1. The lowest BCUT2D eigenvalue weighted by Crippen LogP contribution is -2.46. The van der Waals surface area contributed by atoms with E-state index in [0.717, 1.165) is 23.2 Å². The molecule has 6 nitrogen and oxygen atoms in total. The first-order valence-corrected chi connectivity index (χ1v) is 8.13. The van der Waals surface area contributed by atoms with Gasteiger partial charge in [0.15, 0.2) is 0 Å². The molecule has 1 aliphatic heterocycles. The Morgan fingerprint density at radius 2 is 2.25 bits per heavy atom. The average molecular weight is 327 g/mol. The SMILES string of the molecule is Cc1ccccc1C(=O)N1CCO[C@H](CCc2cc(=O)[nH]cn2)C1. The molecule has 0 aliphatic carbocycles. The van der Waals surface area contributed by atoms with E-state index in [9.17, 15) is 9.59 Å². The minimum absolute atomic E-state index is 0.0344. The lowest BCUT2D eigenvalue weighted by molar-refractivity contribution is -0.0247. The van der Waals surface area contributed by atoms with E-state index in [2.05, 4.69) is 9.97 Å². The summed E-state index contributed by atoms with van der Waals surface area (Å²) in [7, 11) is 0. The molecule has 1 saturated heterocycles. The van der Waals surface area contributed by atoms with Crippen molar-refractivity contribution in [1.29, 1.82) is 0 Å². The van der Waals surface area contributed by atoms with Crippen LogP contribution in [0.3, 0.4) is 0 Å². The molecule has 2 heterocycles. The van der Waals surface area contributed by atoms with Crippen LogP contribution in [0.4, 0.5) is 0 Å². The lowest BCUT2D eigenvalue weighted by Gasteiger charge is -2.33. The summed E-state index contributed by atoms with van der Waals surface area (Å²) in [4.78, 5) is 32.5. The molecule has 1 N–H and O–H groups in total. The van der Waals surface area contributed by atoms with E-state index < -0.39 is 0 Å². The van der Waals surface area contributed by atoms with Gasteiger partial charge in [-0.25, -0.2) is 4.98 Å². The number of rotatable bonds is 4. The number of aromatic amines is 1. The third-order valence-corrected chi connectivity index (χ3v) is 4.26. The third kappa shape index (κ3) is 3.89. The fourth-order valence-corrected chi connectivity index (χ4v) is 2.92. The fourth-order valence-electron chi connectivity index (χ4n) is 2.92. The topological polar surface area (TPSA) is 75.3 Å². The summed E-state index contributed by atoms with van der Waals surface area (Å²) in [6.45, 7) is 3.65. The van der Waals surface area contributed by atoms with Crippen LogP contribution in [0.15, 0.2) is 41.5 Å². The third-order valence-electron chi connectivity index (χ3n) is 4.26. The van der Waals surface area contributed by atoms with E-state index in [-0.39, 0.29) is 17.6 Å². The quantitative estimate of drug-likeness (QED) is 0.924. The van der Waals surface area contributed by atoms with Gasteiger partial charge in [-0.1, -0.05) is 18.2 Å². The Morgan fingerprint density at radius 3 is 3.04 bits per heavy atom. The molecule has 1 aromatic carbocycles. The van der Waals surface area contributed by atoms with E-state index in [1.807, 2.05) is 36.1 Å². The Morgan fingerprint density at radius 1 is 1.42 bits per heavy atom. The molecule has 24 heavy (non-hydrogen) atoms. The van der Waals surface area contributed by atoms with Crippen LogP contribution in [0, 0.1) is 6.92 Å². The van der Waals surface area contributed by atoms with E-state index in [1.54, 1.807) is 0 Å². The molecule has 0 unspecified atom stereocenters. The van der Waals surface area contributed by atoms with Gasteiger partial charge in [0.05, 0.1) is 19.0 Å². The van der Waals surface area contributed by atoms with Crippen LogP contribution in [0.5, 0.6) is 0 Å². The molecule has 3 rings (SSSR count). The summed E-state index contributed by atoms with van der Waals surface area (Å²) < 4.78 is 5.77. The Bertz CT molecular complexity index is 772. The molecular weight excluding hydrogens is 306 g/mol. The molecule has 126 valence electrons. The molecular formula is C18H21N3O3. The first-order valence-electron chi connectivity index (χ1n) is 8.13. The molecule has 1 amide bonds. The molecule has 1 atom stereocenters. The molecule has 1 aliphatic rings. The predicted octanol–water partition coefficient (Wildman–Crippen LogP) is 1.55. The van der Waals surface area contributed by atoms with Gasteiger partial charge < -0.3 is 14.6 Å². The smallest absolute Gasteiger partial charge is 0.254 e. The van der Waals surface area contributed by atoms with Crippen molar-refractivity contribution >= 4 is 5.91 Å². The molecule has 0 spiro atoms. The predicted molar refractivity (Wildman–Crippen MR) is 90.0 cm³/mol. The zero-order chi connectivity index (χ0) is 16.9. The van der Waals surface area contributed by atoms with Gasteiger partial charge in [0.25, 0.3) is 11.5 Å². The van der Waals surface area contributed by atoms with Gasteiger partial charge in [-0.3, -0.25) is 9.59 Å². The van der Waals surface area contributed by atoms with Gasteiger partial charge in [-0.15, -0.1) is 0 Å². The summed E-state index contributed by atoms with van der Waals surface area (Å²) >= 11 is 0. The lowest BCUT2D eigenvalue weighted by atomic mass is 10.1. The van der Waals surface area contributed by atoms with E-state index in [4.69, 9.17) is 4.74 Å². The number of H-pyrrole nitrogens is 1. The van der Waals surface area contributed by atoms with Gasteiger partial charge in [0, 0.05) is 30.4 Å².